The summed E-state index contributed by atoms with van der Waals surface area (Å²) in [5.74, 6) is -1.20. The molecule has 0 amide bonds. The number of hydrogen-bond acceptors (Lipinski definition) is 2. The summed E-state index contributed by atoms with van der Waals surface area (Å²) in [5, 5.41) is 0. The van der Waals surface area contributed by atoms with Gasteiger partial charge in [0.05, 0.1) is 17.7 Å². The number of alkyl halides is 6. The molecule has 1 rings (SSSR count). The summed E-state index contributed by atoms with van der Waals surface area (Å²) >= 11 is 0. The molecule has 1 aromatic carbocycles. The minimum absolute atomic E-state index is 0.165. The van der Waals surface area contributed by atoms with Crippen LogP contribution in [0.15, 0.2) is 18.2 Å². The summed E-state index contributed by atoms with van der Waals surface area (Å²) < 4.78 is 74.5. The third-order valence-corrected chi connectivity index (χ3v) is 2.14. The summed E-state index contributed by atoms with van der Waals surface area (Å²) in [4.78, 5) is 11.2. The summed E-state index contributed by atoms with van der Waals surface area (Å²) in [6.45, 7) is -0.801. The SMILES string of the molecule is NCC(=O)c1cc(C(F)(F)F)ccc1C(F)(F)F. The van der Waals surface area contributed by atoms with E-state index in [1.54, 1.807) is 0 Å². The lowest BCUT2D eigenvalue weighted by atomic mass is 9.99. The van der Waals surface area contributed by atoms with E-state index in [4.69, 9.17) is 5.73 Å². The third kappa shape index (κ3) is 3.00. The van der Waals surface area contributed by atoms with E-state index in [-0.39, 0.29) is 18.2 Å². The van der Waals surface area contributed by atoms with Crippen molar-refractivity contribution in [2.24, 2.45) is 5.73 Å². The van der Waals surface area contributed by atoms with Gasteiger partial charge in [0.2, 0.25) is 0 Å². The fraction of sp³-hybridized carbons (Fsp3) is 0.300. The third-order valence-electron chi connectivity index (χ3n) is 2.14. The zero-order valence-corrected chi connectivity index (χ0v) is 8.69. The first kappa shape index (κ1) is 14.5. The number of hydrogen-bond donors (Lipinski definition) is 1. The van der Waals surface area contributed by atoms with E-state index >= 15 is 0 Å². The molecule has 0 aromatic heterocycles. The highest BCUT2D eigenvalue weighted by molar-refractivity contribution is 5.99. The molecule has 2 N–H and O–H groups in total. The molecular formula is C10H7F6NO. The topological polar surface area (TPSA) is 43.1 Å². The van der Waals surface area contributed by atoms with E-state index in [9.17, 15) is 31.1 Å². The number of nitrogens with two attached hydrogens (primary N) is 1. The molecule has 0 radical (unpaired) electrons. The Labute approximate surface area is 97.4 Å². The van der Waals surface area contributed by atoms with E-state index in [0.717, 1.165) is 0 Å². The van der Waals surface area contributed by atoms with Crippen LogP contribution < -0.4 is 5.73 Å². The summed E-state index contributed by atoms with van der Waals surface area (Å²) in [6, 6.07) is 0.667. The largest absolute Gasteiger partial charge is 0.417 e. The van der Waals surface area contributed by atoms with Crippen molar-refractivity contribution in [1.82, 2.24) is 0 Å². The molecule has 0 bridgehead atoms. The van der Waals surface area contributed by atoms with E-state index in [2.05, 4.69) is 0 Å². The van der Waals surface area contributed by atoms with Crippen LogP contribution >= 0.6 is 0 Å². The quantitative estimate of drug-likeness (QED) is 0.664. The van der Waals surface area contributed by atoms with Crippen molar-refractivity contribution >= 4 is 5.78 Å². The standard InChI is InChI=1S/C10H7F6NO/c11-9(12,13)5-1-2-7(10(14,15)16)6(3-5)8(18)4-17/h1-3H,4,17H2. The van der Waals surface area contributed by atoms with Crippen LogP contribution in [0.5, 0.6) is 0 Å². The Morgan fingerprint density at radius 2 is 1.61 bits per heavy atom. The lowest BCUT2D eigenvalue weighted by Crippen LogP contribution is -2.20. The normalized spacial score (nSPS) is 12.6. The van der Waals surface area contributed by atoms with Crippen LogP contribution in [0.25, 0.3) is 0 Å². The van der Waals surface area contributed by atoms with Gasteiger partial charge in [-0.25, -0.2) is 0 Å². The molecule has 0 heterocycles. The fourth-order valence-electron chi connectivity index (χ4n) is 1.31. The number of rotatable bonds is 2. The fourth-order valence-corrected chi connectivity index (χ4v) is 1.31. The van der Waals surface area contributed by atoms with Gasteiger partial charge in [0.25, 0.3) is 0 Å². The van der Waals surface area contributed by atoms with Gasteiger partial charge in [-0.15, -0.1) is 0 Å². The van der Waals surface area contributed by atoms with Crippen LogP contribution in [-0.2, 0) is 12.4 Å². The van der Waals surface area contributed by atoms with Gasteiger partial charge in [-0.05, 0) is 18.2 Å². The highest BCUT2D eigenvalue weighted by Crippen LogP contribution is 2.36. The number of ketones is 1. The number of Topliss-reactive ketones (excluding diaryl/α,β-unsaturated/α-hetero) is 1. The number of halogens is 6. The molecule has 2 nitrogen and oxygen atoms in total. The highest BCUT2D eigenvalue weighted by Gasteiger charge is 2.38. The molecule has 1 aromatic rings. The van der Waals surface area contributed by atoms with Crippen molar-refractivity contribution < 1.29 is 31.1 Å². The first-order valence-electron chi connectivity index (χ1n) is 4.59. The summed E-state index contributed by atoms with van der Waals surface area (Å²) in [5.41, 5.74) is 1.06. The van der Waals surface area contributed by atoms with Crippen molar-refractivity contribution in [3.8, 4) is 0 Å². The number of carbonyl (C=O) groups is 1. The van der Waals surface area contributed by atoms with Gasteiger partial charge in [-0.2, -0.15) is 26.3 Å². The lowest BCUT2D eigenvalue weighted by molar-refractivity contribution is -0.141. The highest BCUT2D eigenvalue weighted by atomic mass is 19.4. The van der Waals surface area contributed by atoms with Gasteiger partial charge in [0.1, 0.15) is 0 Å². The van der Waals surface area contributed by atoms with Gasteiger partial charge in [0.15, 0.2) is 5.78 Å². The number of carbonyl (C=O) groups excluding carboxylic acids is 1. The zero-order chi connectivity index (χ0) is 14.1. The summed E-state index contributed by atoms with van der Waals surface area (Å²) in [7, 11) is 0. The Hall–Kier alpha value is -1.57. The molecule has 0 aliphatic carbocycles. The van der Waals surface area contributed by atoms with Crippen molar-refractivity contribution in [3.63, 3.8) is 0 Å². The molecule has 100 valence electrons. The van der Waals surface area contributed by atoms with Crippen LogP contribution in [-0.4, -0.2) is 12.3 Å². The molecule has 0 aliphatic rings. The molecule has 0 spiro atoms. The van der Waals surface area contributed by atoms with Crippen LogP contribution in [0, 0.1) is 0 Å². The minimum Gasteiger partial charge on any atom is -0.324 e. The molecule has 0 atom stereocenters. The predicted octanol–water partition coefficient (Wildman–Crippen LogP) is 2.87. The van der Waals surface area contributed by atoms with Crippen LogP contribution in [0.3, 0.4) is 0 Å². The molecule has 0 saturated heterocycles. The Bertz CT molecular complexity index is 462. The maximum absolute atomic E-state index is 12.5. The predicted molar refractivity (Wildman–Crippen MR) is 49.8 cm³/mol. The minimum atomic E-state index is -4.91. The molecule has 0 fully saturated rings. The van der Waals surface area contributed by atoms with E-state index in [1.807, 2.05) is 0 Å². The average molecular weight is 271 g/mol. The Morgan fingerprint density at radius 3 is 2.00 bits per heavy atom. The molecule has 0 saturated carbocycles. The molecule has 0 unspecified atom stereocenters. The van der Waals surface area contributed by atoms with Gasteiger partial charge in [-0.1, -0.05) is 0 Å². The van der Waals surface area contributed by atoms with E-state index in [0.29, 0.717) is 0 Å². The van der Waals surface area contributed by atoms with Gasteiger partial charge in [-0.3, -0.25) is 4.79 Å². The van der Waals surface area contributed by atoms with Crippen LogP contribution in [0.1, 0.15) is 21.5 Å². The van der Waals surface area contributed by atoms with E-state index in [1.165, 1.54) is 0 Å². The first-order valence-corrected chi connectivity index (χ1v) is 4.59. The molecule has 0 aliphatic heterocycles. The summed E-state index contributed by atoms with van der Waals surface area (Å²) in [6.07, 6.45) is -9.74. The first-order chi connectivity index (χ1) is 8.07. The zero-order valence-electron chi connectivity index (χ0n) is 8.69. The number of benzene rings is 1. The van der Waals surface area contributed by atoms with Crippen molar-refractivity contribution in [3.05, 3.63) is 34.9 Å². The second-order valence-corrected chi connectivity index (χ2v) is 3.38. The van der Waals surface area contributed by atoms with Gasteiger partial charge < -0.3 is 5.73 Å². The van der Waals surface area contributed by atoms with Crippen LogP contribution in [0.4, 0.5) is 26.3 Å². The van der Waals surface area contributed by atoms with Crippen molar-refractivity contribution in [2.75, 3.05) is 6.54 Å². The molecule has 8 heteroatoms. The monoisotopic (exact) mass is 271 g/mol. The molecular weight excluding hydrogens is 264 g/mol. The van der Waals surface area contributed by atoms with E-state index < -0.39 is 41.4 Å². The smallest absolute Gasteiger partial charge is 0.324 e. The Morgan fingerprint density at radius 1 is 1.06 bits per heavy atom. The van der Waals surface area contributed by atoms with Crippen molar-refractivity contribution in [1.29, 1.82) is 0 Å². The Balaban J connectivity index is 3.44. The van der Waals surface area contributed by atoms with Gasteiger partial charge in [0, 0.05) is 5.56 Å². The van der Waals surface area contributed by atoms with Gasteiger partial charge >= 0.3 is 12.4 Å². The van der Waals surface area contributed by atoms with Crippen LogP contribution in [0.2, 0.25) is 0 Å². The second-order valence-electron chi connectivity index (χ2n) is 3.38. The Kier molecular flexibility index (Phi) is 3.70. The second kappa shape index (κ2) is 4.60. The lowest BCUT2D eigenvalue weighted by Gasteiger charge is -2.14. The maximum Gasteiger partial charge on any atom is 0.417 e. The molecule has 18 heavy (non-hydrogen) atoms. The average Bonchev–Trinajstić information content (AvgIpc) is 2.24. The maximum atomic E-state index is 12.5. The van der Waals surface area contributed by atoms with Crippen molar-refractivity contribution in [2.45, 2.75) is 12.4 Å².